The van der Waals surface area contributed by atoms with Crippen LogP contribution in [0.3, 0.4) is 0 Å². The van der Waals surface area contributed by atoms with E-state index in [-0.39, 0.29) is 5.91 Å². The summed E-state index contributed by atoms with van der Waals surface area (Å²) in [6.07, 6.45) is 0.784. The molecule has 202 valence electrons. The van der Waals surface area contributed by atoms with Gasteiger partial charge in [-0.15, -0.1) is 0 Å². The molecule has 0 saturated carbocycles. The van der Waals surface area contributed by atoms with E-state index in [9.17, 15) is 4.79 Å². The van der Waals surface area contributed by atoms with E-state index in [0.29, 0.717) is 25.3 Å². The Balaban J connectivity index is 1.26. The molecule has 1 aromatic heterocycles. The number of nitrogens with zero attached hydrogens (tertiary/aromatic N) is 2. The Bertz CT molecular complexity index is 1750. The molecule has 0 saturated heterocycles. The largest absolute Gasteiger partial charge is 0.486 e. The quantitative estimate of drug-likeness (QED) is 0.199. The Morgan fingerprint density at radius 3 is 2.17 bits per heavy atom. The topological polar surface area (TPSA) is 56.1 Å². The van der Waals surface area contributed by atoms with Crippen molar-refractivity contribution in [3.63, 3.8) is 0 Å². The number of ether oxygens (including phenoxy) is 1. The Morgan fingerprint density at radius 1 is 0.707 bits per heavy atom. The molecule has 6 rings (SSSR count). The molecule has 6 aromatic rings. The highest BCUT2D eigenvalue weighted by molar-refractivity contribution is 5.97. The molecule has 5 nitrogen and oxygen atoms in total. The number of carbonyl (C=O) groups excluding carboxylic acids is 1. The highest BCUT2D eigenvalue weighted by atomic mass is 16.5. The van der Waals surface area contributed by atoms with Gasteiger partial charge in [0.1, 0.15) is 18.2 Å². The van der Waals surface area contributed by atoms with Crippen molar-refractivity contribution in [1.29, 1.82) is 0 Å². The second-order valence-electron chi connectivity index (χ2n) is 9.98. The molecular formula is C36H31N3O2. The first-order valence-electron chi connectivity index (χ1n) is 13.9. The molecular weight excluding hydrogens is 506 g/mol. The summed E-state index contributed by atoms with van der Waals surface area (Å²) in [6.45, 7) is 1.52. The average molecular weight is 538 g/mol. The minimum Gasteiger partial charge on any atom is -0.486 e. The zero-order chi connectivity index (χ0) is 27.9. The minimum absolute atomic E-state index is 0.102. The third-order valence-electron chi connectivity index (χ3n) is 7.12. The van der Waals surface area contributed by atoms with E-state index in [1.165, 1.54) is 16.7 Å². The van der Waals surface area contributed by atoms with Gasteiger partial charge >= 0.3 is 0 Å². The molecule has 0 fully saturated rings. The molecule has 0 aliphatic carbocycles. The van der Waals surface area contributed by atoms with Crippen LogP contribution < -0.4 is 10.1 Å². The zero-order valence-corrected chi connectivity index (χ0v) is 22.7. The molecule has 0 unspecified atom stereocenters. The first-order valence-corrected chi connectivity index (χ1v) is 13.9. The first-order chi connectivity index (χ1) is 20.2. The van der Waals surface area contributed by atoms with Crippen LogP contribution in [0.4, 0.5) is 0 Å². The summed E-state index contributed by atoms with van der Waals surface area (Å²) in [5.74, 6) is 1.49. The molecule has 0 radical (unpaired) electrons. The van der Waals surface area contributed by atoms with Crippen molar-refractivity contribution < 1.29 is 9.53 Å². The lowest BCUT2D eigenvalue weighted by Gasteiger charge is -2.12. The normalized spacial score (nSPS) is 10.9. The summed E-state index contributed by atoms with van der Waals surface area (Å²) in [4.78, 5) is 17.9. The van der Waals surface area contributed by atoms with E-state index in [2.05, 4.69) is 70.5 Å². The number of fused-ring (bicyclic) bond motifs is 1. The van der Waals surface area contributed by atoms with Crippen molar-refractivity contribution in [1.82, 2.24) is 14.9 Å². The van der Waals surface area contributed by atoms with Crippen LogP contribution >= 0.6 is 0 Å². The van der Waals surface area contributed by atoms with Crippen LogP contribution in [0.25, 0.3) is 22.2 Å². The Labute approximate surface area is 240 Å². The molecule has 0 spiro atoms. The summed E-state index contributed by atoms with van der Waals surface area (Å²) in [6, 6.07) is 44.6. The van der Waals surface area contributed by atoms with Crippen molar-refractivity contribution in [3.8, 4) is 16.9 Å². The molecule has 41 heavy (non-hydrogen) atoms. The molecule has 0 aliphatic rings. The summed E-state index contributed by atoms with van der Waals surface area (Å²) in [5.41, 5.74) is 7.03. The lowest BCUT2D eigenvalue weighted by Crippen LogP contribution is -2.25. The maximum Gasteiger partial charge on any atom is 0.251 e. The van der Waals surface area contributed by atoms with Crippen molar-refractivity contribution >= 4 is 16.9 Å². The van der Waals surface area contributed by atoms with E-state index in [0.717, 1.165) is 34.6 Å². The zero-order valence-electron chi connectivity index (χ0n) is 22.7. The van der Waals surface area contributed by atoms with Gasteiger partial charge in [0, 0.05) is 18.7 Å². The van der Waals surface area contributed by atoms with Crippen LogP contribution in [0.2, 0.25) is 0 Å². The lowest BCUT2D eigenvalue weighted by atomic mass is 10.0. The maximum absolute atomic E-state index is 13.0. The Morgan fingerprint density at radius 2 is 1.39 bits per heavy atom. The fraction of sp³-hybridized carbons (Fsp3) is 0.111. The number of hydrogen-bond donors (Lipinski definition) is 1. The van der Waals surface area contributed by atoms with Gasteiger partial charge in [-0.05, 0) is 65.1 Å². The number of carbonyl (C=O) groups is 1. The van der Waals surface area contributed by atoms with Gasteiger partial charge in [0.05, 0.1) is 11.0 Å². The van der Waals surface area contributed by atoms with Crippen molar-refractivity contribution in [3.05, 3.63) is 156 Å². The summed E-state index contributed by atoms with van der Waals surface area (Å²) < 4.78 is 8.28. The van der Waals surface area contributed by atoms with Gasteiger partial charge in [-0.2, -0.15) is 0 Å². The van der Waals surface area contributed by atoms with Crippen LogP contribution in [-0.4, -0.2) is 22.0 Å². The lowest BCUT2D eigenvalue weighted by molar-refractivity contribution is 0.0954. The van der Waals surface area contributed by atoms with Crippen LogP contribution in [0.1, 0.15) is 27.3 Å². The number of aromatic nitrogens is 2. The van der Waals surface area contributed by atoms with E-state index in [4.69, 9.17) is 9.72 Å². The van der Waals surface area contributed by atoms with E-state index in [1.807, 2.05) is 72.8 Å². The van der Waals surface area contributed by atoms with Crippen LogP contribution in [0, 0.1) is 0 Å². The SMILES string of the molecule is O=C(NCCc1ccccc1)c1ccc2c(c1)nc(COc1ccccc1)n2Cc1cccc(-c2ccccc2)c1. The van der Waals surface area contributed by atoms with Crippen molar-refractivity contribution in [2.75, 3.05) is 6.54 Å². The monoisotopic (exact) mass is 537 g/mol. The van der Waals surface area contributed by atoms with Gasteiger partial charge in [-0.1, -0.05) is 97.1 Å². The number of nitrogens with one attached hydrogen (secondary N) is 1. The molecule has 1 amide bonds. The summed E-state index contributed by atoms with van der Waals surface area (Å²) >= 11 is 0. The van der Waals surface area contributed by atoms with Gasteiger partial charge in [0.15, 0.2) is 0 Å². The van der Waals surface area contributed by atoms with Crippen LogP contribution in [-0.2, 0) is 19.6 Å². The van der Waals surface area contributed by atoms with Gasteiger partial charge in [-0.25, -0.2) is 4.98 Å². The Hall–Kier alpha value is -5.16. The third kappa shape index (κ3) is 6.36. The molecule has 0 bridgehead atoms. The molecule has 0 aliphatic heterocycles. The summed E-state index contributed by atoms with van der Waals surface area (Å²) in [5, 5.41) is 3.04. The molecule has 5 aromatic carbocycles. The minimum atomic E-state index is -0.102. The average Bonchev–Trinajstić information content (AvgIpc) is 3.37. The predicted molar refractivity (Wildman–Crippen MR) is 164 cm³/mol. The summed E-state index contributed by atoms with van der Waals surface area (Å²) in [7, 11) is 0. The number of benzene rings is 5. The number of amides is 1. The molecule has 0 atom stereocenters. The number of para-hydroxylation sites is 1. The smallest absolute Gasteiger partial charge is 0.251 e. The second kappa shape index (κ2) is 12.3. The third-order valence-corrected chi connectivity index (χ3v) is 7.12. The van der Waals surface area contributed by atoms with Gasteiger partial charge in [0.25, 0.3) is 5.91 Å². The van der Waals surface area contributed by atoms with E-state index >= 15 is 0 Å². The number of imidazole rings is 1. The van der Waals surface area contributed by atoms with Gasteiger partial charge < -0.3 is 14.6 Å². The first kappa shape index (κ1) is 26.1. The second-order valence-corrected chi connectivity index (χ2v) is 9.98. The van der Waals surface area contributed by atoms with E-state index in [1.54, 1.807) is 0 Å². The predicted octanol–water partition coefficient (Wildman–Crippen LogP) is 7.30. The molecule has 1 N–H and O–H groups in total. The highest BCUT2D eigenvalue weighted by Gasteiger charge is 2.15. The van der Waals surface area contributed by atoms with Crippen LogP contribution in [0.15, 0.2) is 133 Å². The maximum atomic E-state index is 13.0. The van der Waals surface area contributed by atoms with Crippen molar-refractivity contribution in [2.24, 2.45) is 0 Å². The van der Waals surface area contributed by atoms with Gasteiger partial charge in [0.2, 0.25) is 0 Å². The van der Waals surface area contributed by atoms with Crippen LogP contribution in [0.5, 0.6) is 5.75 Å². The fourth-order valence-electron chi connectivity index (χ4n) is 5.00. The van der Waals surface area contributed by atoms with E-state index < -0.39 is 0 Å². The standard InChI is InChI=1S/C36H31N3O2/c40-36(37-22-21-27-11-4-1-5-12-27)31-19-20-34-33(24-31)38-35(26-41-32-17-8-3-9-18-32)39(34)25-28-13-10-16-30(23-28)29-14-6-2-7-15-29/h1-20,23-24H,21-22,25-26H2,(H,37,40). The Kier molecular flexibility index (Phi) is 7.86. The fourth-order valence-corrected chi connectivity index (χ4v) is 5.00. The van der Waals surface area contributed by atoms with Crippen molar-refractivity contribution in [2.45, 2.75) is 19.6 Å². The van der Waals surface area contributed by atoms with Gasteiger partial charge in [-0.3, -0.25) is 4.79 Å². The molecule has 1 heterocycles. The molecule has 5 heteroatoms. The number of hydrogen-bond acceptors (Lipinski definition) is 3. The number of rotatable bonds is 10. The highest BCUT2D eigenvalue weighted by Crippen LogP contribution is 2.24.